The molecular weight excluding hydrogens is 308 g/mol. The number of aryl methyl sites for hydroxylation is 1. The molecule has 0 aromatic carbocycles. The lowest BCUT2D eigenvalue weighted by Crippen LogP contribution is -2.54. The van der Waals surface area contributed by atoms with Gasteiger partial charge in [-0.05, 0) is 32.2 Å². The van der Waals surface area contributed by atoms with Crippen LogP contribution in [0.2, 0.25) is 0 Å². The van der Waals surface area contributed by atoms with Crippen LogP contribution in [0.4, 0.5) is 0 Å². The van der Waals surface area contributed by atoms with E-state index in [4.69, 9.17) is 9.63 Å². The van der Waals surface area contributed by atoms with Crippen LogP contribution < -0.4 is 0 Å². The van der Waals surface area contributed by atoms with E-state index in [0.717, 1.165) is 51.3 Å². The smallest absolute Gasteiger partial charge is 0.226 e. The lowest BCUT2D eigenvalue weighted by Gasteiger charge is -2.48. The van der Waals surface area contributed by atoms with E-state index in [-0.39, 0.29) is 17.9 Å². The minimum Gasteiger partial charge on any atom is -0.396 e. The van der Waals surface area contributed by atoms with Crippen molar-refractivity contribution in [1.82, 2.24) is 19.9 Å². The molecule has 2 saturated heterocycles. The Morgan fingerprint density at radius 3 is 2.96 bits per heavy atom. The van der Waals surface area contributed by atoms with Crippen LogP contribution in [0.15, 0.2) is 4.52 Å². The summed E-state index contributed by atoms with van der Waals surface area (Å²) in [5.74, 6) is 1.68. The number of amides is 1. The van der Waals surface area contributed by atoms with Crippen molar-refractivity contribution in [2.24, 2.45) is 5.41 Å². The maximum Gasteiger partial charge on any atom is 0.226 e. The molecule has 0 bridgehead atoms. The molecule has 1 unspecified atom stereocenters. The molecule has 1 amide bonds. The summed E-state index contributed by atoms with van der Waals surface area (Å²) in [6.45, 7) is 6.37. The topological polar surface area (TPSA) is 82.7 Å². The monoisotopic (exact) mass is 336 g/mol. The zero-order chi connectivity index (χ0) is 17.0. The van der Waals surface area contributed by atoms with Crippen LogP contribution in [0.5, 0.6) is 0 Å². The Hall–Kier alpha value is -1.47. The number of carbonyl (C=O) groups excluding carboxylic acids is 1. The third kappa shape index (κ3) is 3.95. The SMILES string of the molecule is CCc1nc(CN2CCCC3(CCC(=O)N(CCCO)C3)C2)no1. The average molecular weight is 336 g/mol. The van der Waals surface area contributed by atoms with Gasteiger partial charge in [0.05, 0.1) is 6.54 Å². The fourth-order valence-corrected chi connectivity index (χ4v) is 4.04. The molecule has 7 heteroatoms. The first-order chi connectivity index (χ1) is 11.6. The van der Waals surface area contributed by atoms with E-state index >= 15 is 0 Å². The summed E-state index contributed by atoms with van der Waals surface area (Å²) in [5.41, 5.74) is 0.180. The van der Waals surface area contributed by atoms with E-state index in [9.17, 15) is 4.79 Å². The van der Waals surface area contributed by atoms with Crippen LogP contribution in [-0.2, 0) is 17.8 Å². The highest BCUT2D eigenvalue weighted by Crippen LogP contribution is 2.39. The van der Waals surface area contributed by atoms with Crippen LogP contribution in [0.1, 0.15) is 50.7 Å². The van der Waals surface area contributed by atoms with Crippen LogP contribution in [0.25, 0.3) is 0 Å². The predicted octanol–water partition coefficient (Wildman–Crippen LogP) is 1.22. The van der Waals surface area contributed by atoms with Crippen LogP contribution in [0, 0.1) is 5.41 Å². The van der Waals surface area contributed by atoms with Crippen molar-refractivity contribution in [3.05, 3.63) is 11.7 Å². The maximum atomic E-state index is 12.1. The maximum absolute atomic E-state index is 12.1. The lowest BCUT2D eigenvalue weighted by atomic mass is 9.73. The van der Waals surface area contributed by atoms with Crippen LogP contribution in [0.3, 0.4) is 0 Å². The number of hydrogen-bond donors (Lipinski definition) is 1. The highest BCUT2D eigenvalue weighted by Gasteiger charge is 2.41. The molecule has 1 N–H and O–H groups in total. The number of piperidine rings is 2. The molecule has 1 aromatic heterocycles. The van der Waals surface area contributed by atoms with Gasteiger partial charge < -0.3 is 14.5 Å². The summed E-state index contributed by atoms with van der Waals surface area (Å²) in [6, 6.07) is 0. The van der Waals surface area contributed by atoms with Gasteiger partial charge in [-0.1, -0.05) is 12.1 Å². The van der Waals surface area contributed by atoms with Gasteiger partial charge in [0.15, 0.2) is 5.82 Å². The molecule has 7 nitrogen and oxygen atoms in total. The van der Waals surface area contributed by atoms with Gasteiger partial charge in [0.25, 0.3) is 0 Å². The van der Waals surface area contributed by atoms with Gasteiger partial charge in [-0.25, -0.2) is 0 Å². The lowest BCUT2D eigenvalue weighted by molar-refractivity contribution is -0.139. The Labute approximate surface area is 143 Å². The molecule has 0 radical (unpaired) electrons. The molecule has 0 saturated carbocycles. The Morgan fingerprint density at radius 2 is 2.21 bits per heavy atom. The van der Waals surface area contributed by atoms with Gasteiger partial charge in [-0.15, -0.1) is 0 Å². The molecule has 24 heavy (non-hydrogen) atoms. The number of aliphatic hydroxyl groups is 1. The van der Waals surface area contributed by atoms with E-state index in [1.54, 1.807) is 0 Å². The fourth-order valence-electron chi connectivity index (χ4n) is 4.04. The molecule has 134 valence electrons. The van der Waals surface area contributed by atoms with Crippen LogP contribution in [-0.4, -0.2) is 63.7 Å². The van der Waals surface area contributed by atoms with E-state index in [2.05, 4.69) is 15.0 Å². The summed E-state index contributed by atoms with van der Waals surface area (Å²) in [6.07, 6.45) is 5.32. The van der Waals surface area contributed by atoms with Gasteiger partial charge >= 0.3 is 0 Å². The minimum absolute atomic E-state index is 0.139. The molecule has 3 heterocycles. The summed E-state index contributed by atoms with van der Waals surface area (Å²) >= 11 is 0. The molecule has 1 aromatic rings. The molecule has 2 aliphatic heterocycles. The zero-order valence-electron chi connectivity index (χ0n) is 14.5. The van der Waals surface area contributed by atoms with Crippen LogP contribution >= 0.6 is 0 Å². The van der Waals surface area contributed by atoms with Crippen molar-refractivity contribution < 1.29 is 14.4 Å². The van der Waals surface area contributed by atoms with Crippen molar-refractivity contribution in [2.75, 3.05) is 32.8 Å². The number of carbonyl (C=O) groups is 1. The van der Waals surface area contributed by atoms with Gasteiger partial charge in [0.1, 0.15) is 0 Å². The molecule has 1 spiro atoms. The fraction of sp³-hybridized carbons (Fsp3) is 0.824. The van der Waals surface area contributed by atoms with E-state index in [0.29, 0.717) is 25.3 Å². The van der Waals surface area contributed by atoms with Crippen molar-refractivity contribution in [3.8, 4) is 0 Å². The first-order valence-corrected chi connectivity index (χ1v) is 9.06. The van der Waals surface area contributed by atoms with Crippen molar-refractivity contribution in [2.45, 2.75) is 52.0 Å². The largest absolute Gasteiger partial charge is 0.396 e. The van der Waals surface area contributed by atoms with Gasteiger partial charge in [0, 0.05) is 44.5 Å². The Balaban J connectivity index is 1.62. The Kier molecular flexibility index (Phi) is 5.50. The summed E-state index contributed by atoms with van der Waals surface area (Å²) in [5, 5.41) is 13.1. The Bertz CT molecular complexity index is 562. The first kappa shape index (κ1) is 17.4. The van der Waals surface area contributed by atoms with Crippen molar-refractivity contribution >= 4 is 5.91 Å². The first-order valence-electron chi connectivity index (χ1n) is 9.06. The van der Waals surface area contributed by atoms with E-state index in [1.165, 1.54) is 6.42 Å². The van der Waals surface area contributed by atoms with E-state index < -0.39 is 0 Å². The number of nitrogens with zero attached hydrogens (tertiary/aromatic N) is 4. The normalized spacial score (nSPS) is 25.6. The quantitative estimate of drug-likeness (QED) is 0.841. The predicted molar refractivity (Wildman–Crippen MR) is 88.1 cm³/mol. The second kappa shape index (κ2) is 7.61. The number of likely N-dealkylation sites (tertiary alicyclic amines) is 2. The summed E-state index contributed by atoms with van der Waals surface area (Å²) < 4.78 is 5.20. The highest BCUT2D eigenvalue weighted by molar-refractivity contribution is 5.77. The van der Waals surface area contributed by atoms with Gasteiger partial charge in [-0.2, -0.15) is 4.98 Å². The van der Waals surface area contributed by atoms with Gasteiger partial charge in [-0.3, -0.25) is 9.69 Å². The molecule has 3 rings (SSSR count). The Morgan fingerprint density at radius 1 is 1.33 bits per heavy atom. The standard InChI is InChI=1S/C17H28N4O3/c1-2-15-18-14(19-24-15)11-20-8-3-6-17(12-20)7-5-16(23)21(13-17)9-4-10-22/h22H,2-13H2,1H3. The number of aliphatic hydroxyl groups excluding tert-OH is 1. The van der Waals surface area contributed by atoms with Gasteiger partial charge in [0.2, 0.25) is 11.8 Å². The highest BCUT2D eigenvalue weighted by atomic mass is 16.5. The third-order valence-corrected chi connectivity index (χ3v) is 5.25. The second-order valence-corrected chi connectivity index (χ2v) is 7.16. The molecule has 2 aliphatic rings. The minimum atomic E-state index is 0.139. The summed E-state index contributed by atoms with van der Waals surface area (Å²) in [4.78, 5) is 20.9. The number of aromatic nitrogens is 2. The average Bonchev–Trinajstić information content (AvgIpc) is 3.04. The molecule has 1 atom stereocenters. The zero-order valence-corrected chi connectivity index (χ0v) is 14.5. The van der Waals surface area contributed by atoms with Crippen molar-refractivity contribution in [3.63, 3.8) is 0 Å². The van der Waals surface area contributed by atoms with Crippen molar-refractivity contribution in [1.29, 1.82) is 0 Å². The molecular formula is C17H28N4O3. The number of rotatable bonds is 6. The second-order valence-electron chi connectivity index (χ2n) is 7.16. The third-order valence-electron chi connectivity index (χ3n) is 5.25. The van der Waals surface area contributed by atoms with E-state index in [1.807, 2.05) is 11.8 Å². The molecule has 2 fully saturated rings. The summed E-state index contributed by atoms with van der Waals surface area (Å²) in [7, 11) is 0. The number of hydrogen-bond acceptors (Lipinski definition) is 6. The molecule has 0 aliphatic carbocycles.